The summed E-state index contributed by atoms with van der Waals surface area (Å²) in [7, 11) is 1.74. The number of nitrogens with zero attached hydrogens (tertiary/aromatic N) is 3. The zero-order valence-electron chi connectivity index (χ0n) is 15.7. The minimum atomic E-state index is -0.414. The summed E-state index contributed by atoms with van der Waals surface area (Å²) in [6.07, 6.45) is 3.25. The van der Waals surface area contributed by atoms with Gasteiger partial charge in [-0.3, -0.25) is 19.5 Å². The third-order valence-corrected chi connectivity index (χ3v) is 4.82. The maximum Gasteiger partial charge on any atom is 0.278 e. The molecule has 144 valence electrons. The molecule has 1 aliphatic rings. The minimum Gasteiger partial charge on any atom is -0.339 e. The van der Waals surface area contributed by atoms with Crippen LogP contribution in [0.1, 0.15) is 11.1 Å². The zero-order chi connectivity index (χ0) is 20.4. The SMILES string of the molecule is CN(C1=C(c2ccc(F)cc2)C(=O)N(Cc2cccnc2)C1=O)c1ccccc1. The third-order valence-electron chi connectivity index (χ3n) is 4.82. The van der Waals surface area contributed by atoms with E-state index in [1.807, 2.05) is 36.4 Å². The van der Waals surface area contributed by atoms with Crippen molar-refractivity contribution in [2.75, 3.05) is 11.9 Å². The van der Waals surface area contributed by atoms with E-state index in [0.29, 0.717) is 5.56 Å². The number of anilines is 1. The first-order valence-electron chi connectivity index (χ1n) is 9.10. The number of hydrogen-bond donors (Lipinski definition) is 0. The molecule has 2 aromatic carbocycles. The molecule has 2 amide bonds. The molecule has 0 bridgehead atoms. The molecule has 3 aromatic rings. The lowest BCUT2D eigenvalue weighted by atomic mass is 10.0. The molecule has 4 rings (SSSR count). The van der Waals surface area contributed by atoms with Gasteiger partial charge >= 0.3 is 0 Å². The predicted octanol–water partition coefficient (Wildman–Crippen LogP) is 3.64. The molecular formula is C23H18FN3O2. The van der Waals surface area contributed by atoms with Crippen LogP contribution in [0.15, 0.2) is 84.8 Å². The number of halogens is 1. The van der Waals surface area contributed by atoms with Gasteiger partial charge in [0.05, 0.1) is 12.1 Å². The van der Waals surface area contributed by atoms with Crippen molar-refractivity contribution in [2.45, 2.75) is 6.54 Å². The van der Waals surface area contributed by atoms with Gasteiger partial charge in [-0.15, -0.1) is 0 Å². The highest BCUT2D eigenvalue weighted by Gasteiger charge is 2.41. The first-order valence-corrected chi connectivity index (χ1v) is 9.10. The van der Waals surface area contributed by atoms with E-state index >= 15 is 0 Å². The normalized spacial score (nSPS) is 13.9. The number of rotatable bonds is 5. The Kier molecular flexibility index (Phi) is 4.91. The molecule has 0 unspecified atom stereocenters. The quantitative estimate of drug-likeness (QED) is 0.628. The van der Waals surface area contributed by atoms with E-state index in [1.165, 1.54) is 29.2 Å². The van der Waals surface area contributed by atoms with E-state index in [4.69, 9.17) is 0 Å². The van der Waals surface area contributed by atoms with Crippen molar-refractivity contribution in [3.8, 4) is 0 Å². The van der Waals surface area contributed by atoms with Crippen molar-refractivity contribution < 1.29 is 14.0 Å². The molecular weight excluding hydrogens is 369 g/mol. The molecule has 0 spiro atoms. The van der Waals surface area contributed by atoms with E-state index in [0.717, 1.165) is 11.3 Å². The van der Waals surface area contributed by atoms with Crippen molar-refractivity contribution in [3.63, 3.8) is 0 Å². The van der Waals surface area contributed by atoms with Gasteiger partial charge in [-0.1, -0.05) is 36.4 Å². The van der Waals surface area contributed by atoms with Crippen LogP contribution in [-0.2, 0) is 16.1 Å². The molecule has 0 atom stereocenters. The molecule has 2 heterocycles. The maximum atomic E-state index is 13.4. The lowest BCUT2D eigenvalue weighted by molar-refractivity contribution is -0.137. The molecule has 1 aliphatic heterocycles. The van der Waals surface area contributed by atoms with Gasteiger partial charge in [0.2, 0.25) is 0 Å². The van der Waals surface area contributed by atoms with Gasteiger partial charge < -0.3 is 4.90 Å². The number of carbonyl (C=O) groups is 2. The van der Waals surface area contributed by atoms with Crippen LogP contribution in [-0.4, -0.2) is 28.7 Å². The number of amides is 2. The Bertz CT molecular complexity index is 1080. The van der Waals surface area contributed by atoms with Crippen LogP contribution >= 0.6 is 0 Å². The van der Waals surface area contributed by atoms with Gasteiger partial charge in [0, 0.05) is 25.1 Å². The number of benzene rings is 2. The largest absolute Gasteiger partial charge is 0.339 e. The number of para-hydroxylation sites is 1. The van der Waals surface area contributed by atoms with Crippen LogP contribution in [0, 0.1) is 5.82 Å². The molecule has 1 aromatic heterocycles. The first-order chi connectivity index (χ1) is 14.1. The fraction of sp³-hybridized carbons (Fsp3) is 0.0870. The van der Waals surface area contributed by atoms with Crippen molar-refractivity contribution in [1.82, 2.24) is 9.88 Å². The number of imide groups is 1. The highest BCUT2D eigenvalue weighted by atomic mass is 19.1. The van der Waals surface area contributed by atoms with Crippen LogP contribution in [0.25, 0.3) is 5.57 Å². The van der Waals surface area contributed by atoms with Crippen molar-refractivity contribution in [3.05, 3.63) is 102 Å². The maximum absolute atomic E-state index is 13.4. The fourth-order valence-electron chi connectivity index (χ4n) is 3.35. The van der Waals surface area contributed by atoms with Crippen LogP contribution < -0.4 is 4.90 Å². The Morgan fingerprint density at radius 3 is 2.31 bits per heavy atom. The van der Waals surface area contributed by atoms with Crippen molar-refractivity contribution >= 4 is 23.1 Å². The zero-order valence-corrected chi connectivity index (χ0v) is 15.7. The van der Waals surface area contributed by atoms with E-state index in [2.05, 4.69) is 4.98 Å². The summed E-state index contributed by atoms with van der Waals surface area (Å²) in [6.45, 7) is 0.113. The number of pyridine rings is 1. The molecule has 5 nitrogen and oxygen atoms in total. The third kappa shape index (κ3) is 3.52. The second kappa shape index (κ2) is 7.67. The van der Waals surface area contributed by atoms with Crippen molar-refractivity contribution in [1.29, 1.82) is 0 Å². The Morgan fingerprint density at radius 1 is 0.931 bits per heavy atom. The standard InChI is InChI=1S/C23H18FN3O2/c1-26(19-7-3-2-4-8-19)21-20(17-9-11-18(24)12-10-17)22(28)27(23(21)29)15-16-6-5-13-25-14-16/h2-14H,15H2,1H3. The Balaban J connectivity index is 1.79. The van der Waals surface area contributed by atoms with Crippen molar-refractivity contribution in [2.24, 2.45) is 0 Å². The van der Waals surface area contributed by atoms with E-state index < -0.39 is 17.6 Å². The van der Waals surface area contributed by atoms with E-state index in [9.17, 15) is 14.0 Å². The van der Waals surface area contributed by atoms with Crippen LogP contribution in [0.3, 0.4) is 0 Å². The number of carbonyl (C=O) groups excluding carboxylic acids is 2. The topological polar surface area (TPSA) is 53.5 Å². The number of aromatic nitrogens is 1. The van der Waals surface area contributed by atoms with Gasteiger partial charge in [-0.05, 0) is 41.5 Å². The molecule has 0 aliphatic carbocycles. The minimum absolute atomic E-state index is 0.113. The average molecular weight is 387 g/mol. The van der Waals surface area contributed by atoms with Crippen LogP contribution in [0.2, 0.25) is 0 Å². The van der Waals surface area contributed by atoms with Crippen LogP contribution in [0.5, 0.6) is 0 Å². The molecule has 6 heteroatoms. The van der Waals surface area contributed by atoms with Gasteiger partial charge in [0.1, 0.15) is 11.5 Å². The molecule has 0 saturated carbocycles. The number of hydrogen-bond acceptors (Lipinski definition) is 4. The van der Waals surface area contributed by atoms with Gasteiger partial charge in [-0.2, -0.15) is 0 Å². The van der Waals surface area contributed by atoms with Gasteiger partial charge in [0.15, 0.2) is 0 Å². The summed E-state index contributed by atoms with van der Waals surface area (Å²) < 4.78 is 13.4. The lowest BCUT2D eigenvalue weighted by Crippen LogP contribution is -2.33. The lowest BCUT2D eigenvalue weighted by Gasteiger charge is -2.21. The summed E-state index contributed by atoms with van der Waals surface area (Å²) in [5.41, 5.74) is 2.53. The van der Waals surface area contributed by atoms with Crippen LogP contribution in [0.4, 0.5) is 10.1 Å². The molecule has 0 N–H and O–H groups in total. The molecule has 0 radical (unpaired) electrons. The first kappa shape index (κ1) is 18.6. The summed E-state index contributed by atoms with van der Waals surface area (Å²) >= 11 is 0. The number of likely N-dealkylation sites (N-methyl/N-ethyl adjacent to an activating group) is 1. The second-order valence-corrected chi connectivity index (χ2v) is 6.68. The molecule has 0 saturated heterocycles. The summed E-state index contributed by atoms with van der Waals surface area (Å²) in [4.78, 5) is 33.5. The Hall–Kier alpha value is -3.80. The Labute approximate surface area is 167 Å². The van der Waals surface area contributed by atoms with Gasteiger partial charge in [0.25, 0.3) is 11.8 Å². The Morgan fingerprint density at radius 2 is 1.66 bits per heavy atom. The monoisotopic (exact) mass is 387 g/mol. The predicted molar refractivity (Wildman–Crippen MR) is 108 cm³/mol. The van der Waals surface area contributed by atoms with E-state index in [-0.39, 0.29) is 17.8 Å². The average Bonchev–Trinajstić information content (AvgIpc) is 3.00. The molecule has 29 heavy (non-hydrogen) atoms. The fourth-order valence-corrected chi connectivity index (χ4v) is 3.35. The highest BCUT2D eigenvalue weighted by molar-refractivity contribution is 6.36. The van der Waals surface area contributed by atoms with E-state index in [1.54, 1.807) is 30.4 Å². The smallest absolute Gasteiger partial charge is 0.278 e. The summed E-state index contributed by atoms with van der Waals surface area (Å²) in [5, 5.41) is 0. The highest BCUT2D eigenvalue weighted by Crippen LogP contribution is 2.34. The van der Waals surface area contributed by atoms with Gasteiger partial charge in [-0.25, -0.2) is 4.39 Å². The summed E-state index contributed by atoms with van der Waals surface area (Å²) in [5.74, 6) is -1.22. The molecule has 0 fully saturated rings. The summed E-state index contributed by atoms with van der Waals surface area (Å²) in [6, 6.07) is 18.5. The second-order valence-electron chi connectivity index (χ2n) is 6.68.